The van der Waals surface area contributed by atoms with Crippen LogP contribution in [0.2, 0.25) is 0 Å². The van der Waals surface area contributed by atoms with Gasteiger partial charge in [-0.05, 0) is 6.92 Å². The number of aromatic nitrogens is 2. The normalized spacial score (nSPS) is 10.7. The number of aryl methyl sites for hydroxylation is 1. The Morgan fingerprint density at radius 3 is 3.00 bits per heavy atom. The first-order valence-electron chi connectivity index (χ1n) is 3.97. The van der Waals surface area contributed by atoms with Crippen molar-refractivity contribution in [1.82, 2.24) is 14.9 Å². The van der Waals surface area contributed by atoms with E-state index in [1.54, 1.807) is 24.2 Å². The van der Waals surface area contributed by atoms with Crippen LogP contribution in [0.1, 0.15) is 12.6 Å². The molecule has 1 heterocycles. The fourth-order valence-corrected chi connectivity index (χ4v) is 0.993. The third-order valence-electron chi connectivity index (χ3n) is 1.64. The van der Waals surface area contributed by atoms with E-state index in [1.165, 1.54) is 0 Å². The van der Waals surface area contributed by atoms with Gasteiger partial charge in [-0.3, -0.25) is 5.41 Å². The summed E-state index contributed by atoms with van der Waals surface area (Å²) in [5.41, 5.74) is 0.572. The Labute approximate surface area is 77.0 Å². The highest BCUT2D eigenvalue weighted by Crippen LogP contribution is 2.15. The predicted molar refractivity (Wildman–Crippen MR) is 52.9 cm³/mol. The molecule has 13 heavy (non-hydrogen) atoms. The van der Waals surface area contributed by atoms with Crippen LogP contribution in [0, 0.1) is 5.41 Å². The SMILES string of the molecule is C/C=N\c1c(C(=N)NC)ncn1C. The van der Waals surface area contributed by atoms with Crippen molar-refractivity contribution in [1.29, 1.82) is 5.41 Å². The summed E-state index contributed by atoms with van der Waals surface area (Å²) >= 11 is 0. The lowest BCUT2D eigenvalue weighted by molar-refractivity contribution is 0.912. The Bertz CT molecular complexity index is 336. The first-order valence-corrected chi connectivity index (χ1v) is 3.97. The predicted octanol–water partition coefficient (Wildman–Crippen LogP) is 0.687. The van der Waals surface area contributed by atoms with Crippen molar-refractivity contribution in [3.63, 3.8) is 0 Å². The van der Waals surface area contributed by atoms with E-state index in [0.717, 1.165) is 0 Å². The van der Waals surface area contributed by atoms with Crippen molar-refractivity contribution < 1.29 is 0 Å². The molecule has 0 unspecified atom stereocenters. The van der Waals surface area contributed by atoms with E-state index in [0.29, 0.717) is 11.5 Å². The van der Waals surface area contributed by atoms with E-state index in [2.05, 4.69) is 15.3 Å². The topological polar surface area (TPSA) is 66.1 Å². The number of nitrogens with one attached hydrogen (secondary N) is 2. The Kier molecular flexibility index (Phi) is 2.79. The smallest absolute Gasteiger partial charge is 0.163 e. The van der Waals surface area contributed by atoms with E-state index in [4.69, 9.17) is 5.41 Å². The van der Waals surface area contributed by atoms with E-state index in [1.807, 2.05) is 14.0 Å². The number of rotatable bonds is 2. The summed E-state index contributed by atoms with van der Waals surface area (Å²) in [4.78, 5) is 8.20. The molecule has 0 aliphatic carbocycles. The van der Waals surface area contributed by atoms with E-state index in [9.17, 15) is 0 Å². The third-order valence-corrected chi connectivity index (χ3v) is 1.64. The molecule has 0 aliphatic rings. The van der Waals surface area contributed by atoms with E-state index < -0.39 is 0 Å². The van der Waals surface area contributed by atoms with Gasteiger partial charge in [0.25, 0.3) is 0 Å². The van der Waals surface area contributed by atoms with Crippen molar-refractivity contribution in [3.8, 4) is 0 Å². The zero-order valence-electron chi connectivity index (χ0n) is 8.00. The molecule has 0 saturated carbocycles. The summed E-state index contributed by atoms with van der Waals surface area (Å²) in [6.07, 6.45) is 3.33. The molecule has 0 aromatic carbocycles. The Morgan fingerprint density at radius 2 is 2.46 bits per heavy atom. The van der Waals surface area contributed by atoms with Gasteiger partial charge in [0.15, 0.2) is 5.82 Å². The lowest BCUT2D eigenvalue weighted by atomic mass is 10.4. The second-order valence-electron chi connectivity index (χ2n) is 2.54. The standard InChI is InChI=1S/C8H13N5/c1-4-11-8-6(7(9)10-2)12-5-13(8)3/h4-5H,1-3H3,(H2,9,10)/b11-4-. The number of nitrogens with zero attached hydrogens (tertiary/aromatic N) is 3. The number of amidine groups is 1. The summed E-state index contributed by atoms with van der Waals surface area (Å²) in [5.74, 6) is 0.975. The summed E-state index contributed by atoms with van der Waals surface area (Å²) < 4.78 is 1.78. The molecule has 0 radical (unpaired) electrons. The fourth-order valence-electron chi connectivity index (χ4n) is 0.993. The van der Waals surface area contributed by atoms with Crippen molar-refractivity contribution in [2.75, 3.05) is 7.05 Å². The van der Waals surface area contributed by atoms with Gasteiger partial charge in [-0.25, -0.2) is 9.98 Å². The minimum absolute atomic E-state index is 0.279. The van der Waals surface area contributed by atoms with Crippen molar-refractivity contribution in [2.24, 2.45) is 12.0 Å². The molecule has 1 aromatic heterocycles. The lowest BCUT2D eigenvalue weighted by Gasteiger charge is -2.00. The highest BCUT2D eigenvalue weighted by molar-refractivity contribution is 5.98. The summed E-state index contributed by atoms with van der Waals surface area (Å²) in [6.45, 7) is 1.83. The molecule has 0 bridgehead atoms. The molecule has 5 nitrogen and oxygen atoms in total. The molecule has 1 rings (SSSR count). The number of hydrogen-bond donors (Lipinski definition) is 2. The van der Waals surface area contributed by atoms with Gasteiger partial charge in [-0.2, -0.15) is 0 Å². The van der Waals surface area contributed by atoms with Crippen molar-refractivity contribution in [2.45, 2.75) is 6.92 Å². The zero-order valence-corrected chi connectivity index (χ0v) is 8.00. The first kappa shape index (κ1) is 9.44. The van der Waals surface area contributed by atoms with E-state index in [-0.39, 0.29) is 5.84 Å². The van der Waals surface area contributed by atoms with Gasteiger partial charge < -0.3 is 9.88 Å². The second kappa shape index (κ2) is 3.84. The van der Waals surface area contributed by atoms with Crippen LogP contribution >= 0.6 is 0 Å². The fraction of sp³-hybridized carbons (Fsp3) is 0.375. The van der Waals surface area contributed by atoms with E-state index >= 15 is 0 Å². The molecular weight excluding hydrogens is 166 g/mol. The minimum Gasteiger partial charge on any atom is -0.372 e. The summed E-state index contributed by atoms with van der Waals surface area (Å²) in [6, 6.07) is 0. The monoisotopic (exact) mass is 179 g/mol. The molecule has 0 fully saturated rings. The highest BCUT2D eigenvalue weighted by atomic mass is 15.1. The number of hydrogen-bond acceptors (Lipinski definition) is 3. The molecule has 0 saturated heterocycles. The molecule has 0 spiro atoms. The van der Waals surface area contributed by atoms with Gasteiger partial charge in [0.05, 0.1) is 6.33 Å². The lowest BCUT2D eigenvalue weighted by Crippen LogP contribution is -2.18. The molecule has 70 valence electrons. The van der Waals surface area contributed by atoms with Crippen LogP contribution in [-0.2, 0) is 7.05 Å². The number of aliphatic imine (C=N–C) groups is 1. The van der Waals surface area contributed by atoms with Crippen LogP contribution in [0.15, 0.2) is 11.3 Å². The Morgan fingerprint density at radius 1 is 1.77 bits per heavy atom. The van der Waals surface area contributed by atoms with Gasteiger partial charge in [0.2, 0.25) is 0 Å². The van der Waals surface area contributed by atoms with Crippen LogP contribution in [0.4, 0.5) is 5.82 Å². The molecule has 2 N–H and O–H groups in total. The average molecular weight is 179 g/mol. The minimum atomic E-state index is 0.279. The van der Waals surface area contributed by atoms with Gasteiger partial charge in [-0.15, -0.1) is 0 Å². The maximum absolute atomic E-state index is 7.55. The van der Waals surface area contributed by atoms with Crippen LogP contribution in [0.25, 0.3) is 0 Å². The van der Waals surface area contributed by atoms with Crippen molar-refractivity contribution in [3.05, 3.63) is 12.0 Å². The first-order chi connectivity index (χ1) is 6.20. The van der Waals surface area contributed by atoms with Gasteiger partial charge in [0.1, 0.15) is 11.5 Å². The van der Waals surface area contributed by atoms with Gasteiger partial charge in [0, 0.05) is 20.3 Å². The van der Waals surface area contributed by atoms with Crippen molar-refractivity contribution >= 4 is 17.9 Å². The maximum Gasteiger partial charge on any atom is 0.163 e. The molecule has 0 atom stereocenters. The number of imidazole rings is 1. The quantitative estimate of drug-likeness (QED) is 0.518. The molecule has 0 amide bonds. The molecular formula is C8H13N5. The zero-order chi connectivity index (χ0) is 9.84. The largest absolute Gasteiger partial charge is 0.372 e. The van der Waals surface area contributed by atoms with Gasteiger partial charge >= 0.3 is 0 Å². The molecule has 1 aromatic rings. The third kappa shape index (κ3) is 1.74. The maximum atomic E-state index is 7.55. The molecule has 0 aliphatic heterocycles. The van der Waals surface area contributed by atoms with Crippen LogP contribution in [0.3, 0.4) is 0 Å². The van der Waals surface area contributed by atoms with Crippen LogP contribution < -0.4 is 5.32 Å². The Balaban J connectivity index is 3.14. The summed E-state index contributed by atoms with van der Waals surface area (Å²) in [7, 11) is 3.54. The Hall–Kier alpha value is -1.65. The highest BCUT2D eigenvalue weighted by Gasteiger charge is 2.10. The molecule has 5 heteroatoms. The average Bonchev–Trinajstić information content (AvgIpc) is 2.48. The second-order valence-corrected chi connectivity index (χ2v) is 2.54. The van der Waals surface area contributed by atoms with Crippen LogP contribution in [0.5, 0.6) is 0 Å². The van der Waals surface area contributed by atoms with Gasteiger partial charge in [-0.1, -0.05) is 0 Å². The van der Waals surface area contributed by atoms with Crippen LogP contribution in [-0.4, -0.2) is 28.6 Å². The summed E-state index contributed by atoms with van der Waals surface area (Å²) in [5, 5.41) is 10.3.